The third-order valence-electron chi connectivity index (χ3n) is 7.21. The number of aryl methyl sites for hydroxylation is 1. The van der Waals surface area contributed by atoms with Gasteiger partial charge in [-0.05, 0) is 38.0 Å². The predicted octanol–water partition coefficient (Wildman–Crippen LogP) is 2.50. The fourth-order valence-corrected chi connectivity index (χ4v) is 6.56. The van der Waals surface area contributed by atoms with Crippen molar-refractivity contribution in [2.24, 2.45) is 7.05 Å². The second-order valence-electron chi connectivity index (χ2n) is 10.0. The van der Waals surface area contributed by atoms with Gasteiger partial charge < -0.3 is 24.1 Å². The van der Waals surface area contributed by atoms with Crippen LogP contribution in [0.4, 0.5) is 4.79 Å². The average Bonchev–Trinajstić information content (AvgIpc) is 3.36. The van der Waals surface area contributed by atoms with Crippen molar-refractivity contribution in [3.8, 4) is 17.0 Å². The van der Waals surface area contributed by atoms with E-state index in [9.17, 15) is 22.8 Å². The summed E-state index contributed by atoms with van der Waals surface area (Å²) < 4.78 is 48.0. The second-order valence-corrected chi connectivity index (χ2v) is 12.0. The highest BCUT2D eigenvalue weighted by molar-refractivity contribution is 7.89. The number of hydrogen-bond acceptors (Lipinski definition) is 8. The monoisotopic (exact) mass is 605 g/mol. The zero-order chi connectivity index (χ0) is 30.6. The summed E-state index contributed by atoms with van der Waals surface area (Å²) in [6, 6.07) is 4.62. The molecule has 0 aliphatic carbocycles. The Labute approximate surface area is 244 Å². The number of carbonyl (C=O) groups is 1. The number of benzene rings is 1. The topological polar surface area (TPSA) is 145 Å². The maximum Gasteiger partial charge on any atom is 0.409 e. The second kappa shape index (κ2) is 13.1. The molecule has 0 atom stereocenters. The highest BCUT2D eigenvalue weighted by atomic mass is 32.2. The number of piperazine rings is 1. The standard InChI is InChI=1S/C28H39N5O8S/c1-6-11-33-25-23(26(34)30(4)27(33)35)21(18-39-5)24(29-25)20-17-19(9-10-22(20)41-16-7-2)42(37,38)32-14-12-31(13-15-32)28(36)40-8-3/h9-10,17,29H,6-8,11-16,18H2,1-5H3. The van der Waals surface area contributed by atoms with E-state index in [1.165, 1.54) is 40.1 Å². The Kier molecular flexibility index (Phi) is 9.79. The Morgan fingerprint density at radius 2 is 1.76 bits per heavy atom. The number of carbonyl (C=O) groups excluding carboxylic acids is 1. The van der Waals surface area contributed by atoms with Crippen LogP contribution < -0.4 is 16.0 Å². The molecular formula is C28H39N5O8S. The summed E-state index contributed by atoms with van der Waals surface area (Å²) in [6.07, 6.45) is 0.910. The first-order valence-corrected chi connectivity index (χ1v) is 15.6. The minimum absolute atomic E-state index is 0.0341. The number of aromatic nitrogens is 3. The number of nitrogens with one attached hydrogen (secondary N) is 1. The maximum atomic E-state index is 13.8. The summed E-state index contributed by atoms with van der Waals surface area (Å²) in [6.45, 7) is 7.30. The van der Waals surface area contributed by atoms with Crippen LogP contribution in [0.2, 0.25) is 0 Å². The number of fused-ring (bicyclic) bond motifs is 1. The van der Waals surface area contributed by atoms with Gasteiger partial charge in [-0.3, -0.25) is 13.9 Å². The third kappa shape index (κ3) is 5.83. The van der Waals surface area contributed by atoms with Gasteiger partial charge in [0.1, 0.15) is 11.4 Å². The van der Waals surface area contributed by atoms with Crippen molar-refractivity contribution in [2.75, 3.05) is 46.5 Å². The molecular weight excluding hydrogens is 566 g/mol. The zero-order valence-corrected chi connectivity index (χ0v) is 25.6. The van der Waals surface area contributed by atoms with E-state index in [4.69, 9.17) is 14.2 Å². The summed E-state index contributed by atoms with van der Waals surface area (Å²) in [5.74, 6) is 0.424. The van der Waals surface area contributed by atoms with Crippen LogP contribution in [0.1, 0.15) is 39.2 Å². The van der Waals surface area contributed by atoms with Gasteiger partial charge in [-0.2, -0.15) is 4.31 Å². The molecule has 1 aromatic carbocycles. The molecule has 1 N–H and O–H groups in total. The van der Waals surface area contributed by atoms with E-state index in [1.807, 2.05) is 13.8 Å². The van der Waals surface area contributed by atoms with Gasteiger partial charge in [0.05, 0.1) is 35.8 Å². The lowest BCUT2D eigenvalue weighted by atomic mass is 10.1. The molecule has 13 nitrogen and oxygen atoms in total. The maximum absolute atomic E-state index is 13.8. The van der Waals surface area contributed by atoms with Gasteiger partial charge in [0.15, 0.2) is 0 Å². The smallest absolute Gasteiger partial charge is 0.409 e. The molecule has 0 bridgehead atoms. The molecule has 42 heavy (non-hydrogen) atoms. The number of hydrogen-bond donors (Lipinski definition) is 1. The molecule has 1 fully saturated rings. The third-order valence-corrected chi connectivity index (χ3v) is 9.11. The van der Waals surface area contributed by atoms with Gasteiger partial charge in [-0.25, -0.2) is 18.0 Å². The van der Waals surface area contributed by atoms with Gasteiger partial charge in [-0.15, -0.1) is 0 Å². The van der Waals surface area contributed by atoms with Crippen LogP contribution in [0, 0.1) is 0 Å². The van der Waals surface area contributed by atoms with Crippen molar-refractivity contribution in [1.29, 1.82) is 0 Å². The molecule has 1 amide bonds. The molecule has 1 aliphatic heterocycles. The molecule has 0 unspecified atom stereocenters. The number of sulfonamides is 1. The largest absolute Gasteiger partial charge is 0.493 e. The Morgan fingerprint density at radius 1 is 1.05 bits per heavy atom. The Bertz CT molecular complexity index is 1670. The number of H-pyrrole nitrogens is 1. The lowest BCUT2D eigenvalue weighted by Crippen LogP contribution is -2.50. The Hall–Kier alpha value is -3.62. The van der Waals surface area contributed by atoms with Gasteiger partial charge >= 0.3 is 11.8 Å². The Morgan fingerprint density at radius 3 is 2.38 bits per heavy atom. The molecule has 0 radical (unpaired) electrons. The van der Waals surface area contributed by atoms with Crippen LogP contribution in [0.25, 0.3) is 22.3 Å². The summed E-state index contributed by atoms with van der Waals surface area (Å²) >= 11 is 0. The van der Waals surface area contributed by atoms with Crippen molar-refractivity contribution in [2.45, 2.75) is 51.7 Å². The van der Waals surface area contributed by atoms with Crippen molar-refractivity contribution >= 4 is 27.1 Å². The van der Waals surface area contributed by atoms with E-state index < -0.39 is 27.4 Å². The summed E-state index contributed by atoms with van der Waals surface area (Å²) in [7, 11) is -1.02. The number of nitrogens with zero attached hydrogens (tertiary/aromatic N) is 4. The van der Waals surface area contributed by atoms with Crippen molar-refractivity contribution in [3.05, 3.63) is 44.6 Å². The molecule has 14 heteroatoms. The van der Waals surface area contributed by atoms with E-state index in [0.717, 1.165) is 11.0 Å². The molecule has 4 rings (SSSR count). The highest BCUT2D eigenvalue weighted by Crippen LogP contribution is 2.37. The fourth-order valence-electron chi connectivity index (χ4n) is 5.12. The van der Waals surface area contributed by atoms with Crippen LogP contribution in [0.15, 0.2) is 32.7 Å². The predicted molar refractivity (Wildman–Crippen MR) is 157 cm³/mol. The quantitative estimate of drug-likeness (QED) is 0.351. The van der Waals surface area contributed by atoms with Crippen LogP contribution in [-0.4, -0.2) is 84.3 Å². The summed E-state index contributed by atoms with van der Waals surface area (Å²) in [4.78, 5) is 43.2. The average molecular weight is 606 g/mol. The van der Waals surface area contributed by atoms with E-state index in [1.54, 1.807) is 13.0 Å². The zero-order valence-electron chi connectivity index (χ0n) is 24.8. The van der Waals surface area contributed by atoms with Gasteiger partial charge in [-0.1, -0.05) is 13.8 Å². The first kappa shape index (κ1) is 31.3. The van der Waals surface area contributed by atoms with Crippen LogP contribution in [0.3, 0.4) is 0 Å². The van der Waals surface area contributed by atoms with E-state index in [2.05, 4.69) is 4.98 Å². The molecule has 3 heterocycles. The van der Waals surface area contributed by atoms with Crippen LogP contribution >= 0.6 is 0 Å². The molecule has 0 spiro atoms. The minimum Gasteiger partial charge on any atom is -0.493 e. The molecule has 1 aliphatic rings. The van der Waals surface area contributed by atoms with Crippen molar-refractivity contribution in [3.63, 3.8) is 0 Å². The highest BCUT2D eigenvalue weighted by Gasteiger charge is 2.32. The van der Waals surface area contributed by atoms with E-state index >= 15 is 0 Å². The summed E-state index contributed by atoms with van der Waals surface area (Å²) in [5.41, 5.74) is 0.780. The number of rotatable bonds is 11. The number of aromatic amines is 1. The first-order valence-electron chi connectivity index (χ1n) is 14.1. The van der Waals surface area contributed by atoms with E-state index in [-0.39, 0.29) is 44.3 Å². The molecule has 1 saturated heterocycles. The van der Waals surface area contributed by atoms with E-state index in [0.29, 0.717) is 53.2 Å². The van der Waals surface area contributed by atoms with Crippen molar-refractivity contribution in [1.82, 2.24) is 23.3 Å². The molecule has 3 aromatic rings. The van der Waals surface area contributed by atoms with Crippen LogP contribution in [0.5, 0.6) is 5.75 Å². The lowest BCUT2D eigenvalue weighted by molar-refractivity contribution is 0.0934. The van der Waals surface area contributed by atoms with Gasteiger partial charge in [0.2, 0.25) is 10.0 Å². The summed E-state index contributed by atoms with van der Waals surface area (Å²) in [5, 5.41) is 0.298. The SMILES string of the molecule is CCCOc1ccc(S(=O)(=O)N2CCN(C(=O)OCC)CC2)cc1-c1[nH]c2c(c1COC)c(=O)n(C)c(=O)n2CCC. The molecule has 2 aromatic heterocycles. The normalized spacial score (nSPS) is 14.5. The molecule has 0 saturated carbocycles. The van der Waals surface area contributed by atoms with Gasteiger partial charge in [0, 0.05) is 58.0 Å². The van der Waals surface area contributed by atoms with Gasteiger partial charge in [0.25, 0.3) is 5.56 Å². The first-order chi connectivity index (χ1) is 20.1. The lowest BCUT2D eigenvalue weighted by Gasteiger charge is -2.33. The molecule has 230 valence electrons. The fraction of sp³-hybridized carbons (Fsp3) is 0.536. The minimum atomic E-state index is -3.95. The number of methoxy groups -OCH3 is 1. The van der Waals surface area contributed by atoms with Crippen molar-refractivity contribution < 1.29 is 27.4 Å². The van der Waals surface area contributed by atoms with Crippen LogP contribution in [-0.2, 0) is 39.7 Å². The number of amides is 1. The Balaban J connectivity index is 1.87. The number of ether oxygens (including phenoxy) is 3.